The maximum Gasteiger partial charge on any atom is 0.258 e. The fourth-order valence-electron chi connectivity index (χ4n) is 2.78. The Balaban J connectivity index is 1.49. The van der Waals surface area contributed by atoms with E-state index in [1.807, 2.05) is 19.1 Å². The van der Waals surface area contributed by atoms with Crippen LogP contribution in [0.25, 0.3) is 0 Å². The molecule has 2 amide bonds. The molecule has 132 valence electrons. The van der Waals surface area contributed by atoms with Crippen LogP contribution in [0.1, 0.15) is 19.8 Å². The standard InChI is InChI=1S/C17H21N5O3/c1-13(9-21-12-18-11-19-21)20-16(23)10-25-15-5-2-4-14(8-15)22-7-3-6-17(22)24/h2,4-5,8,11-13H,3,6-7,9-10H2,1H3,(H,20,23). The van der Waals surface area contributed by atoms with E-state index in [0.29, 0.717) is 18.7 Å². The van der Waals surface area contributed by atoms with Crippen molar-refractivity contribution in [3.63, 3.8) is 0 Å². The highest BCUT2D eigenvalue weighted by molar-refractivity contribution is 5.95. The molecule has 1 aromatic heterocycles. The van der Waals surface area contributed by atoms with Crippen LogP contribution in [0.5, 0.6) is 5.75 Å². The number of rotatable bonds is 7. The van der Waals surface area contributed by atoms with Gasteiger partial charge in [0.2, 0.25) is 5.91 Å². The van der Waals surface area contributed by atoms with Gasteiger partial charge in [-0.3, -0.25) is 14.3 Å². The lowest BCUT2D eigenvalue weighted by Gasteiger charge is -2.17. The van der Waals surface area contributed by atoms with Crippen molar-refractivity contribution < 1.29 is 14.3 Å². The molecule has 1 unspecified atom stereocenters. The molecular weight excluding hydrogens is 322 g/mol. The van der Waals surface area contributed by atoms with Crippen LogP contribution in [0.3, 0.4) is 0 Å². The minimum atomic E-state index is -0.213. The van der Waals surface area contributed by atoms with Gasteiger partial charge in [0, 0.05) is 30.8 Å². The van der Waals surface area contributed by atoms with Crippen LogP contribution in [0.15, 0.2) is 36.9 Å². The second kappa shape index (κ2) is 7.78. The summed E-state index contributed by atoms with van der Waals surface area (Å²) in [4.78, 5) is 29.4. The summed E-state index contributed by atoms with van der Waals surface area (Å²) in [5, 5.41) is 6.85. The molecule has 3 rings (SSSR count). The molecule has 1 aromatic carbocycles. The third-order valence-electron chi connectivity index (χ3n) is 3.91. The van der Waals surface area contributed by atoms with Crippen molar-refractivity contribution in [2.75, 3.05) is 18.1 Å². The second-order valence-corrected chi connectivity index (χ2v) is 6.02. The van der Waals surface area contributed by atoms with Crippen molar-refractivity contribution in [3.8, 4) is 5.75 Å². The summed E-state index contributed by atoms with van der Waals surface area (Å²) >= 11 is 0. The van der Waals surface area contributed by atoms with Crippen LogP contribution in [0, 0.1) is 0 Å². The number of hydrogen-bond acceptors (Lipinski definition) is 5. The zero-order valence-corrected chi connectivity index (χ0v) is 14.1. The summed E-state index contributed by atoms with van der Waals surface area (Å²) in [6, 6.07) is 7.16. The third-order valence-corrected chi connectivity index (χ3v) is 3.91. The fraction of sp³-hybridized carbons (Fsp3) is 0.412. The quantitative estimate of drug-likeness (QED) is 0.810. The van der Waals surface area contributed by atoms with Gasteiger partial charge in [-0.05, 0) is 25.5 Å². The van der Waals surface area contributed by atoms with Gasteiger partial charge >= 0.3 is 0 Å². The summed E-state index contributed by atoms with van der Waals surface area (Å²) in [7, 11) is 0. The highest BCUT2D eigenvalue weighted by Gasteiger charge is 2.21. The SMILES string of the molecule is CC(Cn1cncn1)NC(=O)COc1cccc(N2CCCC2=O)c1. The van der Waals surface area contributed by atoms with E-state index in [2.05, 4.69) is 15.4 Å². The molecule has 0 radical (unpaired) electrons. The van der Waals surface area contributed by atoms with E-state index in [1.54, 1.807) is 28.0 Å². The number of ether oxygens (including phenoxy) is 1. The molecule has 1 fully saturated rings. The number of hydrogen-bond donors (Lipinski definition) is 1. The Bertz CT molecular complexity index is 732. The smallest absolute Gasteiger partial charge is 0.258 e. The highest BCUT2D eigenvalue weighted by Crippen LogP contribution is 2.25. The van der Waals surface area contributed by atoms with E-state index in [-0.39, 0.29) is 24.5 Å². The van der Waals surface area contributed by atoms with Crippen LogP contribution < -0.4 is 15.0 Å². The maximum atomic E-state index is 12.0. The van der Waals surface area contributed by atoms with Gasteiger partial charge in [-0.2, -0.15) is 5.10 Å². The Morgan fingerprint density at radius 2 is 2.32 bits per heavy atom. The summed E-state index contributed by atoms with van der Waals surface area (Å²) < 4.78 is 7.21. The molecular formula is C17H21N5O3. The summed E-state index contributed by atoms with van der Waals surface area (Å²) in [6.45, 7) is 3.07. The van der Waals surface area contributed by atoms with Gasteiger partial charge in [-0.25, -0.2) is 4.98 Å². The van der Waals surface area contributed by atoms with E-state index in [9.17, 15) is 9.59 Å². The molecule has 2 heterocycles. The first kappa shape index (κ1) is 16.9. The van der Waals surface area contributed by atoms with Crippen molar-refractivity contribution in [1.29, 1.82) is 0 Å². The minimum absolute atomic E-state index is 0.0842. The number of aromatic nitrogens is 3. The van der Waals surface area contributed by atoms with Gasteiger partial charge in [0.05, 0.1) is 6.54 Å². The molecule has 0 bridgehead atoms. The zero-order valence-electron chi connectivity index (χ0n) is 14.1. The van der Waals surface area contributed by atoms with E-state index in [1.165, 1.54) is 6.33 Å². The van der Waals surface area contributed by atoms with E-state index in [0.717, 1.165) is 18.7 Å². The fourth-order valence-corrected chi connectivity index (χ4v) is 2.78. The molecule has 1 saturated heterocycles. The number of anilines is 1. The topological polar surface area (TPSA) is 89.3 Å². The Hall–Kier alpha value is -2.90. The number of benzene rings is 1. The highest BCUT2D eigenvalue weighted by atomic mass is 16.5. The van der Waals surface area contributed by atoms with Crippen molar-refractivity contribution in [3.05, 3.63) is 36.9 Å². The first-order valence-electron chi connectivity index (χ1n) is 8.27. The van der Waals surface area contributed by atoms with Crippen LogP contribution in [0.4, 0.5) is 5.69 Å². The van der Waals surface area contributed by atoms with Crippen molar-refractivity contribution in [2.24, 2.45) is 0 Å². The van der Waals surface area contributed by atoms with Crippen LogP contribution in [-0.4, -0.2) is 45.8 Å². The van der Waals surface area contributed by atoms with Gasteiger partial charge in [-0.15, -0.1) is 0 Å². The maximum absolute atomic E-state index is 12.0. The van der Waals surface area contributed by atoms with Gasteiger partial charge in [0.1, 0.15) is 18.4 Å². The van der Waals surface area contributed by atoms with E-state index in [4.69, 9.17) is 4.74 Å². The number of carbonyl (C=O) groups excluding carboxylic acids is 2. The molecule has 0 aliphatic carbocycles. The Labute approximate surface area is 145 Å². The van der Waals surface area contributed by atoms with Crippen molar-refractivity contribution in [2.45, 2.75) is 32.4 Å². The average Bonchev–Trinajstić information content (AvgIpc) is 3.24. The molecule has 25 heavy (non-hydrogen) atoms. The van der Waals surface area contributed by atoms with Crippen LogP contribution >= 0.6 is 0 Å². The first-order chi connectivity index (χ1) is 12.1. The van der Waals surface area contributed by atoms with E-state index >= 15 is 0 Å². The van der Waals surface area contributed by atoms with E-state index < -0.39 is 0 Å². The molecule has 1 aliphatic rings. The Kier molecular flexibility index (Phi) is 5.27. The normalized spacial score (nSPS) is 15.2. The second-order valence-electron chi connectivity index (χ2n) is 6.02. The monoisotopic (exact) mass is 343 g/mol. The molecule has 2 aromatic rings. The molecule has 0 spiro atoms. The van der Waals surface area contributed by atoms with Gasteiger partial charge in [0.25, 0.3) is 5.91 Å². The Morgan fingerprint density at radius 1 is 1.44 bits per heavy atom. The third kappa shape index (κ3) is 4.56. The Morgan fingerprint density at radius 3 is 3.04 bits per heavy atom. The molecule has 1 atom stereocenters. The summed E-state index contributed by atoms with van der Waals surface area (Å²) in [6.07, 6.45) is 4.51. The van der Waals surface area contributed by atoms with Crippen LogP contribution in [-0.2, 0) is 16.1 Å². The first-order valence-corrected chi connectivity index (χ1v) is 8.27. The molecule has 0 saturated carbocycles. The minimum Gasteiger partial charge on any atom is -0.484 e. The number of nitrogens with one attached hydrogen (secondary N) is 1. The lowest BCUT2D eigenvalue weighted by Crippen LogP contribution is -2.38. The van der Waals surface area contributed by atoms with Crippen molar-refractivity contribution >= 4 is 17.5 Å². The van der Waals surface area contributed by atoms with Gasteiger partial charge < -0.3 is 15.0 Å². The molecule has 8 heteroatoms. The lowest BCUT2D eigenvalue weighted by molar-refractivity contribution is -0.123. The average molecular weight is 343 g/mol. The molecule has 8 nitrogen and oxygen atoms in total. The number of amides is 2. The number of nitrogens with zero attached hydrogens (tertiary/aromatic N) is 4. The number of carbonyl (C=O) groups is 2. The largest absolute Gasteiger partial charge is 0.484 e. The molecule has 1 aliphatic heterocycles. The predicted molar refractivity (Wildman–Crippen MR) is 91.2 cm³/mol. The predicted octanol–water partition coefficient (Wildman–Crippen LogP) is 0.989. The lowest BCUT2D eigenvalue weighted by atomic mass is 10.3. The van der Waals surface area contributed by atoms with Gasteiger partial charge in [0.15, 0.2) is 6.61 Å². The van der Waals surface area contributed by atoms with Crippen molar-refractivity contribution in [1.82, 2.24) is 20.1 Å². The molecule has 1 N–H and O–H groups in total. The summed E-state index contributed by atoms with van der Waals surface area (Å²) in [5.41, 5.74) is 0.806. The van der Waals surface area contributed by atoms with Gasteiger partial charge in [-0.1, -0.05) is 6.07 Å². The zero-order chi connectivity index (χ0) is 17.6. The summed E-state index contributed by atoms with van der Waals surface area (Å²) in [5.74, 6) is 0.475. The van der Waals surface area contributed by atoms with Crippen LogP contribution in [0.2, 0.25) is 0 Å².